The van der Waals surface area contributed by atoms with Crippen LogP contribution in [0.1, 0.15) is 22.3 Å². The number of halogens is 3. The van der Waals surface area contributed by atoms with Crippen molar-refractivity contribution in [3.63, 3.8) is 0 Å². The first-order valence-electron chi connectivity index (χ1n) is 9.95. The lowest BCUT2D eigenvalue weighted by atomic mass is 10.1. The summed E-state index contributed by atoms with van der Waals surface area (Å²) in [6.07, 6.45) is 1.03. The maximum absolute atomic E-state index is 12.7. The monoisotopic (exact) mass is 451 g/mol. The molecule has 2 aliphatic rings. The third-order valence-corrected chi connectivity index (χ3v) is 6.85. The SMILES string of the molecule is O=C(c1ccc(Cl)cc1)N1CCC(N2CCN(Cc3ccc(Cl)c(Cl)c3)CC2)C1. The number of likely N-dealkylation sites (tertiary alicyclic amines) is 1. The average molecular weight is 453 g/mol. The Hall–Kier alpha value is -1.30. The quantitative estimate of drug-likeness (QED) is 0.674. The van der Waals surface area contributed by atoms with Gasteiger partial charge in [-0.05, 0) is 48.4 Å². The van der Waals surface area contributed by atoms with Crippen LogP contribution in [-0.4, -0.2) is 65.9 Å². The van der Waals surface area contributed by atoms with Gasteiger partial charge in [0.15, 0.2) is 0 Å². The van der Waals surface area contributed by atoms with Crippen molar-refractivity contribution in [2.24, 2.45) is 0 Å². The Morgan fingerprint density at radius 2 is 1.62 bits per heavy atom. The highest BCUT2D eigenvalue weighted by Gasteiger charge is 2.32. The molecule has 2 fully saturated rings. The summed E-state index contributed by atoms with van der Waals surface area (Å²) >= 11 is 18.1. The van der Waals surface area contributed by atoms with E-state index in [0.29, 0.717) is 26.7 Å². The predicted molar refractivity (Wildman–Crippen MR) is 119 cm³/mol. The fourth-order valence-corrected chi connectivity index (χ4v) is 4.63. The molecule has 0 bridgehead atoms. The highest BCUT2D eigenvalue weighted by atomic mass is 35.5. The Bertz CT molecular complexity index is 866. The van der Waals surface area contributed by atoms with Crippen molar-refractivity contribution < 1.29 is 4.79 Å². The van der Waals surface area contributed by atoms with Crippen LogP contribution in [0.15, 0.2) is 42.5 Å². The van der Waals surface area contributed by atoms with Gasteiger partial charge < -0.3 is 4.90 Å². The predicted octanol–water partition coefficient (Wildman–Crippen LogP) is 4.68. The fourth-order valence-electron chi connectivity index (χ4n) is 4.18. The normalized spacial score (nSPS) is 20.9. The molecular weight excluding hydrogens is 429 g/mol. The second-order valence-corrected chi connectivity index (χ2v) is 9.01. The van der Waals surface area contributed by atoms with E-state index in [1.54, 1.807) is 24.3 Å². The maximum Gasteiger partial charge on any atom is 0.253 e. The Balaban J connectivity index is 1.27. The fraction of sp³-hybridized carbons (Fsp3) is 0.409. The number of piperazine rings is 1. The Labute approximate surface area is 186 Å². The Kier molecular flexibility index (Phi) is 6.67. The summed E-state index contributed by atoms with van der Waals surface area (Å²) in [6, 6.07) is 13.5. The van der Waals surface area contributed by atoms with E-state index >= 15 is 0 Å². The molecule has 0 spiro atoms. The van der Waals surface area contributed by atoms with Crippen LogP contribution in [0.3, 0.4) is 0 Å². The first kappa shape index (κ1) is 21.0. The van der Waals surface area contributed by atoms with Crippen molar-refractivity contribution in [3.8, 4) is 0 Å². The van der Waals surface area contributed by atoms with Gasteiger partial charge >= 0.3 is 0 Å². The maximum atomic E-state index is 12.7. The van der Waals surface area contributed by atoms with Crippen molar-refractivity contribution in [3.05, 3.63) is 68.7 Å². The summed E-state index contributed by atoms with van der Waals surface area (Å²) in [7, 11) is 0. The van der Waals surface area contributed by atoms with Gasteiger partial charge in [-0.3, -0.25) is 14.6 Å². The molecule has 1 atom stereocenters. The van der Waals surface area contributed by atoms with Gasteiger partial charge in [-0.1, -0.05) is 40.9 Å². The number of amides is 1. The van der Waals surface area contributed by atoms with E-state index in [4.69, 9.17) is 34.8 Å². The number of hydrogen-bond donors (Lipinski definition) is 0. The average Bonchev–Trinajstić information content (AvgIpc) is 3.22. The number of rotatable bonds is 4. The molecule has 4 rings (SSSR count). The minimum atomic E-state index is 0.0995. The molecule has 1 unspecified atom stereocenters. The number of benzene rings is 2. The van der Waals surface area contributed by atoms with Crippen molar-refractivity contribution in [1.29, 1.82) is 0 Å². The molecule has 0 saturated carbocycles. The summed E-state index contributed by atoms with van der Waals surface area (Å²) in [6.45, 7) is 6.58. The molecule has 2 saturated heterocycles. The molecule has 154 valence electrons. The standard InChI is InChI=1S/C22H24Cl3N3O/c23-18-4-2-17(3-5-18)22(29)28-8-7-19(15-28)27-11-9-26(10-12-27)14-16-1-6-20(24)21(25)13-16/h1-6,13,19H,7-12,14-15H2. The van der Waals surface area contributed by atoms with E-state index in [2.05, 4.69) is 9.80 Å². The van der Waals surface area contributed by atoms with E-state index in [9.17, 15) is 4.79 Å². The number of carbonyl (C=O) groups is 1. The first-order chi connectivity index (χ1) is 14.0. The minimum Gasteiger partial charge on any atom is -0.337 e. The zero-order valence-corrected chi connectivity index (χ0v) is 18.4. The Morgan fingerprint density at radius 1 is 0.897 bits per heavy atom. The molecule has 0 aromatic heterocycles. The third kappa shape index (κ3) is 5.07. The van der Waals surface area contributed by atoms with Crippen LogP contribution in [0.25, 0.3) is 0 Å². The van der Waals surface area contributed by atoms with Gasteiger partial charge in [0.05, 0.1) is 10.0 Å². The van der Waals surface area contributed by atoms with Gasteiger partial charge in [0, 0.05) is 62.4 Å². The second kappa shape index (κ2) is 9.23. The summed E-state index contributed by atoms with van der Waals surface area (Å²) in [5.74, 6) is 0.0995. The van der Waals surface area contributed by atoms with Gasteiger partial charge in [-0.2, -0.15) is 0 Å². The van der Waals surface area contributed by atoms with Gasteiger partial charge in [0.1, 0.15) is 0 Å². The van der Waals surface area contributed by atoms with Gasteiger partial charge in [-0.15, -0.1) is 0 Å². The van der Waals surface area contributed by atoms with Gasteiger partial charge in [-0.25, -0.2) is 0 Å². The van der Waals surface area contributed by atoms with E-state index in [1.165, 1.54) is 5.56 Å². The van der Waals surface area contributed by atoms with E-state index in [0.717, 1.165) is 52.2 Å². The molecule has 2 heterocycles. The minimum absolute atomic E-state index is 0.0995. The van der Waals surface area contributed by atoms with E-state index < -0.39 is 0 Å². The molecule has 0 N–H and O–H groups in total. The lowest BCUT2D eigenvalue weighted by Crippen LogP contribution is -2.50. The van der Waals surface area contributed by atoms with Crippen molar-refractivity contribution in [2.45, 2.75) is 19.0 Å². The largest absolute Gasteiger partial charge is 0.337 e. The zero-order valence-electron chi connectivity index (χ0n) is 16.2. The van der Waals surface area contributed by atoms with Crippen LogP contribution in [0.5, 0.6) is 0 Å². The molecule has 2 aromatic rings. The molecular formula is C22H24Cl3N3O. The van der Waals surface area contributed by atoms with Gasteiger partial charge in [0.25, 0.3) is 5.91 Å². The summed E-state index contributed by atoms with van der Waals surface area (Å²) in [5.41, 5.74) is 1.90. The zero-order chi connectivity index (χ0) is 20.4. The second-order valence-electron chi connectivity index (χ2n) is 7.76. The molecule has 0 aliphatic carbocycles. The number of carbonyl (C=O) groups excluding carboxylic acids is 1. The van der Waals surface area contributed by atoms with Crippen molar-refractivity contribution in [1.82, 2.24) is 14.7 Å². The molecule has 1 amide bonds. The van der Waals surface area contributed by atoms with Gasteiger partial charge in [0.2, 0.25) is 0 Å². The molecule has 2 aromatic carbocycles. The van der Waals surface area contributed by atoms with E-state index in [1.807, 2.05) is 23.1 Å². The third-order valence-electron chi connectivity index (χ3n) is 5.86. The number of hydrogen-bond acceptors (Lipinski definition) is 3. The lowest BCUT2D eigenvalue weighted by molar-refractivity contribution is 0.0734. The molecule has 0 radical (unpaired) electrons. The molecule has 7 heteroatoms. The van der Waals surface area contributed by atoms with Crippen LogP contribution >= 0.6 is 34.8 Å². The molecule has 4 nitrogen and oxygen atoms in total. The van der Waals surface area contributed by atoms with Crippen molar-refractivity contribution >= 4 is 40.7 Å². The first-order valence-corrected chi connectivity index (χ1v) is 11.1. The topological polar surface area (TPSA) is 26.8 Å². The lowest BCUT2D eigenvalue weighted by Gasteiger charge is -2.38. The highest BCUT2D eigenvalue weighted by Crippen LogP contribution is 2.24. The van der Waals surface area contributed by atoms with Crippen LogP contribution in [-0.2, 0) is 6.54 Å². The Morgan fingerprint density at radius 3 is 2.31 bits per heavy atom. The van der Waals surface area contributed by atoms with Crippen LogP contribution in [0.2, 0.25) is 15.1 Å². The van der Waals surface area contributed by atoms with E-state index in [-0.39, 0.29) is 5.91 Å². The smallest absolute Gasteiger partial charge is 0.253 e. The summed E-state index contributed by atoms with van der Waals surface area (Å²) < 4.78 is 0. The van der Waals surface area contributed by atoms with Crippen LogP contribution in [0.4, 0.5) is 0 Å². The highest BCUT2D eigenvalue weighted by molar-refractivity contribution is 6.42. The molecule has 29 heavy (non-hydrogen) atoms. The number of nitrogens with zero attached hydrogens (tertiary/aromatic N) is 3. The molecule has 2 aliphatic heterocycles. The van der Waals surface area contributed by atoms with Crippen LogP contribution < -0.4 is 0 Å². The van der Waals surface area contributed by atoms with Crippen molar-refractivity contribution in [2.75, 3.05) is 39.3 Å². The summed E-state index contributed by atoms with van der Waals surface area (Å²) in [5, 5.41) is 1.86. The van der Waals surface area contributed by atoms with Crippen LogP contribution in [0, 0.1) is 0 Å². The summed E-state index contributed by atoms with van der Waals surface area (Å²) in [4.78, 5) is 19.7.